The van der Waals surface area contributed by atoms with Gasteiger partial charge in [0, 0.05) is 30.2 Å². The summed E-state index contributed by atoms with van der Waals surface area (Å²) in [6.07, 6.45) is 0. The van der Waals surface area contributed by atoms with Gasteiger partial charge in [-0.1, -0.05) is 11.6 Å². The molecular weight excluding hydrogens is 203 g/mol. The van der Waals surface area contributed by atoms with Crippen LogP contribution in [0.1, 0.15) is 5.69 Å². The Morgan fingerprint density at radius 2 is 2.14 bits per heavy atom. The van der Waals surface area contributed by atoms with Gasteiger partial charge >= 0.3 is 0 Å². The topological polar surface area (TPSA) is 30.9 Å². The largest absolute Gasteiger partial charge is 0.346 e. The van der Waals surface area contributed by atoms with Gasteiger partial charge < -0.3 is 10.3 Å². The summed E-state index contributed by atoms with van der Waals surface area (Å²) >= 11 is 5.69. The molecule has 2 aromatic rings. The van der Waals surface area contributed by atoms with Crippen molar-refractivity contribution >= 4 is 22.5 Å². The predicted molar refractivity (Wildman–Crippen MR) is 55.8 cm³/mol. The average molecular weight is 213 g/mol. The van der Waals surface area contributed by atoms with Crippen molar-refractivity contribution in [1.82, 2.24) is 4.57 Å². The molecule has 0 spiro atoms. The number of nitrogens with zero attached hydrogens (tertiary/aromatic N) is 1. The summed E-state index contributed by atoms with van der Waals surface area (Å²) in [6.45, 7) is 0.435. The fourth-order valence-electron chi connectivity index (χ4n) is 1.58. The first-order chi connectivity index (χ1) is 6.63. The van der Waals surface area contributed by atoms with Crippen molar-refractivity contribution in [2.45, 2.75) is 6.54 Å². The van der Waals surface area contributed by atoms with Gasteiger partial charge in [0.05, 0.1) is 5.02 Å². The van der Waals surface area contributed by atoms with Crippen LogP contribution in [0.15, 0.2) is 18.2 Å². The molecule has 2 N–H and O–H groups in total. The summed E-state index contributed by atoms with van der Waals surface area (Å²) in [5, 5.41) is 0.970. The quantitative estimate of drug-likeness (QED) is 0.774. The van der Waals surface area contributed by atoms with Crippen molar-refractivity contribution < 1.29 is 4.39 Å². The number of nitrogens with two attached hydrogens (primary N) is 1. The molecule has 4 heteroatoms. The number of hydrogen-bond donors (Lipinski definition) is 1. The summed E-state index contributed by atoms with van der Waals surface area (Å²) in [7, 11) is 1.89. The normalized spacial score (nSPS) is 11.1. The number of fused-ring (bicyclic) bond motifs is 1. The molecule has 1 heterocycles. The smallest absolute Gasteiger partial charge is 0.142 e. The Kier molecular flexibility index (Phi) is 2.21. The number of hydrogen-bond acceptors (Lipinski definition) is 1. The van der Waals surface area contributed by atoms with E-state index < -0.39 is 5.82 Å². The number of halogens is 2. The van der Waals surface area contributed by atoms with E-state index >= 15 is 0 Å². The lowest BCUT2D eigenvalue weighted by Crippen LogP contribution is -2.02. The number of aromatic nitrogens is 1. The molecular formula is C10H10ClFN2. The first-order valence-electron chi connectivity index (χ1n) is 4.27. The van der Waals surface area contributed by atoms with Crippen LogP contribution in [0.3, 0.4) is 0 Å². The van der Waals surface area contributed by atoms with E-state index in [4.69, 9.17) is 17.3 Å². The van der Waals surface area contributed by atoms with Crippen LogP contribution in [-0.4, -0.2) is 4.57 Å². The maximum Gasteiger partial charge on any atom is 0.142 e. The minimum atomic E-state index is -0.395. The molecule has 0 atom stereocenters. The van der Waals surface area contributed by atoms with E-state index in [1.807, 2.05) is 17.7 Å². The van der Waals surface area contributed by atoms with Gasteiger partial charge in [-0.3, -0.25) is 0 Å². The first-order valence-corrected chi connectivity index (χ1v) is 4.64. The van der Waals surface area contributed by atoms with Crippen molar-refractivity contribution in [2.75, 3.05) is 0 Å². The highest BCUT2D eigenvalue weighted by Gasteiger charge is 2.08. The highest BCUT2D eigenvalue weighted by molar-refractivity contribution is 6.31. The first kappa shape index (κ1) is 9.49. The highest BCUT2D eigenvalue weighted by atomic mass is 35.5. The Balaban J connectivity index is 2.80. The SMILES string of the molecule is Cn1c(CN)cc2cc(F)c(Cl)cc21. The van der Waals surface area contributed by atoms with Crippen LogP contribution >= 0.6 is 11.6 Å². The van der Waals surface area contributed by atoms with Crippen molar-refractivity contribution in [3.8, 4) is 0 Å². The third kappa shape index (κ3) is 1.29. The minimum Gasteiger partial charge on any atom is -0.346 e. The van der Waals surface area contributed by atoms with Gasteiger partial charge in [-0.05, 0) is 18.2 Å². The van der Waals surface area contributed by atoms with Crippen LogP contribution in [0, 0.1) is 5.82 Å². The van der Waals surface area contributed by atoms with Gasteiger partial charge in [-0.25, -0.2) is 4.39 Å². The zero-order valence-electron chi connectivity index (χ0n) is 7.72. The van der Waals surface area contributed by atoms with Gasteiger partial charge in [0.25, 0.3) is 0 Å². The van der Waals surface area contributed by atoms with E-state index in [-0.39, 0.29) is 5.02 Å². The van der Waals surface area contributed by atoms with Crippen LogP contribution in [0.5, 0.6) is 0 Å². The van der Waals surface area contributed by atoms with E-state index in [9.17, 15) is 4.39 Å². The molecule has 0 unspecified atom stereocenters. The van der Waals surface area contributed by atoms with Gasteiger partial charge in [0.2, 0.25) is 0 Å². The molecule has 2 rings (SSSR count). The lowest BCUT2D eigenvalue weighted by Gasteiger charge is -2.01. The monoisotopic (exact) mass is 212 g/mol. The zero-order chi connectivity index (χ0) is 10.3. The Hall–Kier alpha value is -1.06. The second-order valence-electron chi connectivity index (χ2n) is 3.22. The fourth-order valence-corrected chi connectivity index (χ4v) is 1.74. The molecule has 0 saturated heterocycles. The molecule has 74 valence electrons. The molecule has 0 aliphatic heterocycles. The van der Waals surface area contributed by atoms with Crippen molar-refractivity contribution in [3.05, 3.63) is 34.7 Å². The summed E-state index contributed by atoms with van der Waals surface area (Å²) in [4.78, 5) is 0. The minimum absolute atomic E-state index is 0.141. The standard InChI is InChI=1S/C10H10ClFN2/c1-14-7(5-13)2-6-3-9(12)8(11)4-10(6)14/h2-4H,5,13H2,1H3. The van der Waals surface area contributed by atoms with E-state index in [1.54, 1.807) is 6.07 Å². The third-order valence-electron chi connectivity index (χ3n) is 2.39. The lowest BCUT2D eigenvalue weighted by molar-refractivity contribution is 0.630. The summed E-state index contributed by atoms with van der Waals surface area (Å²) in [6, 6.07) is 4.91. The molecule has 0 aliphatic rings. The highest BCUT2D eigenvalue weighted by Crippen LogP contribution is 2.25. The van der Waals surface area contributed by atoms with Gasteiger partial charge in [0.1, 0.15) is 5.82 Å². The summed E-state index contributed by atoms with van der Waals surface area (Å²) in [5.41, 5.74) is 7.40. The number of rotatable bonds is 1. The maximum atomic E-state index is 13.1. The Bertz CT molecular complexity index is 490. The van der Waals surface area contributed by atoms with Crippen LogP contribution in [-0.2, 0) is 13.6 Å². The van der Waals surface area contributed by atoms with Gasteiger partial charge in [-0.15, -0.1) is 0 Å². The molecule has 0 fully saturated rings. The Labute approximate surface area is 86.1 Å². The molecule has 14 heavy (non-hydrogen) atoms. The van der Waals surface area contributed by atoms with Crippen LogP contribution in [0.2, 0.25) is 5.02 Å². The molecule has 0 amide bonds. The van der Waals surface area contributed by atoms with E-state index in [0.717, 1.165) is 16.6 Å². The van der Waals surface area contributed by atoms with E-state index in [1.165, 1.54) is 6.07 Å². The second kappa shape index (κ2) is 3.26. The molecule has 0 saturated carbocycles. The molecule has 1 aromatic heterocycles. The van der Waals surface area contributed by atoms with Crippen molar-refractivity contribution in [2.24, 2.45) is 12.8 Å². The molecule has 2 nitrogen and oxygen atoms in total. The van der Waals surface area contributed by atoms with Crippen LogP contribution < -0.4 is 5.73 Å². The fraction of sp³-hybridized carbons (Fsp3) is 0.200. The van der Waals surface area contributed by atoms with Crippen molar-refractivity contribution in [1.29, 1.82) is 0 Å². The third-order valence-corrected chi connectivity index (χ3v) is 2.68. The van der Waals surface area contributed by atoms with Crippen molar-refractivity contribution in [3.63, 3.8) is 0 Å². The molecule has 0 aliphatic carbocycles. The predicted octanol–water partition coefficient (Wildman–Crippen LogP) is 2.43. The second-order valence-corrected chi connectivity index (χ2v) is 3.63. The maximum absolute atomic E-state index is 13.1. The molecule has 0 radical (unpaired) electrons. The molecule has 1 aromatic carbocycles. The van der Waals surface area contributed by atoms with Gasteiger partial charge in [-0.2, -0.15) is 0 Å². The summed E-state index contributed by atoms with van der Waals surface area (Å²) in [5.74, 6) is -0.395. The zero-order valence-corrected chi connectivity index (χ0v) is 8.48. The van der Waals surface area contributed by atoms with Gasteiger partial charge in [0.15, 0.2) is 0 Å². The lowest BCUT2D eigenvalue weighted by atomic mass is 10.2. The number of benzene rings is 1. The number of aryl methyl sites for hydroxylation is 1. The van der Waals surface area contributed by atoms with E-state index in [2.05, 4.69) is 0 Å². The van der Waals surface area contributed by atoms with Crippen LogP contribution in [0.25, 0.3) is 10.9 Å². The van der Waals surface area contributed by atoms with Crippen LogP contribution in [0.4, 0.5) is 4.39 Å². The summed E-state index contributed by atoms with van der Waals surface area (Å²) < 4.78 is 15.0. The Morgan fingerprint density at radius 1 is 1.43 bits per heavy atom. The molecule has 0 bridgehead atoms. The average Bonchev–Trinajstić information content (AvgIpc) is 2.45. The van der Waals surface area contributed by atoms with E-state index in [0.29, 0.717) is 6.54 Å². The Morgan fingerprint density at radius 3 is 2.79 bits per heavy atom.